The number of para-hydroxylation sites is 1. The van der Waals surface area contributed by atoms with Crippen molar-refractivity contribution < 1.29 is 13.9 Å². The Morgan fingerprint density at radius 2 is 1.69 bits per heavy atom. The van der Waals surface area contributed by atoms with E-state index >= 15 is 0 Å². The maximum absolute atomic E-state index is 6.22. The Hall–Kier alpha value is -2.74. The zero-order valence-electron chi connectivity index (χ0n) is 22.5. The fraction of sp³-hybridized carbons (Fsp3) is 0.448. The topological polar surface area (TPSA) is 58.4 Å². The Morgan fingerprint density at radius 3 is 2.42 bits per heavy atom. The number of rotatable bonds is 11. The first-order valence-corrected chi connectivity index (χ1v) is 15.7. The van der Waals surface area contributed by atoms with Gasteiger partial charge in [-0.3, -0.25) is 4.98 Å². The van der Waals surface area contributed by atoms with Crippen LogP contribution in [0.3, 0.4) is 0 Å². The molecule has 192 valence electrons. The summed E-state index contributed by atoms with van der Waals surface area (Å²) in [5, 5.41) is 1.31. The Labute approximate surface area is 215 Å². The van der Waals surface area contributed by atoms with E-state index in [4.69, 9.17) is 13.9 Å². The van der Waals surface area contributed by atoms with Crippen LogP contribution < -0.4 is 4.74 Å². The van der Waals surface area contributed by atoms with E-state index in [0.717, 1.165) is 34.1 Å². The summed E-state index contributed by atoms with van der Waals surface area (Å²) >= 11 is 0. The molecular weight excluding hydrogens is 466 g/mol. The van der Waals surface area contributed by atoms with Crippen LogP contribution in [0.4, 0.5) is 0 Å². The summed E-state index contributed by atoms with van der Waals surface area (Å²) in [4.78, 5) is 9.21. The second-order valence-corrected chi connectivity index (χ2v) is 15.6. The predicted octanol–water partition coefficient (Wildman–Crippen LogP) is 6.81. The highest BCUT2D eigenvalue weighted by atomic mass is 28.4. The van der Waals surface area contributed by atoms with Gasteiger partial charge in [-0.05, 0) is 55.2 Å². The minimum atomic E-state index is -1.75. The lowest BCUT2D eigenvalue weighted by molar-refractivity contribution is 0.114. The van der Waals surface area contributed by atoms with Crippen LogP contribution in [-0.4, -0.2) is 49.3 Å². The molecule has 2 aromatic carbocycles. The molecule has 0 N–H and O–H groups in total. The van der Waals surface area contributed by atoms with Gasteiger partial charge in [0.25, 0.3) is 0 Å². The van der Waals surface area contributed by atoms with E-state index in [0.29, 0.717) is 26.4 Å². The molecule has 0 aliphatic rings. The summed E-state index contributed by atoms with van der Waals surface area (Å²) in [6.07, 6.45) is 4.60. The highest BCUT2D eigenvalue weighted by molar-refractivity contribution is 6.74. The van der Waals surface area contributed by atoms with Crippen molar-refractivity contribution in [1.82, 2.24) is 14.5 Å². The van der Waals surface area contributed by atoms with Crippen molar-refractivity contribution in [2.45, 2.75) is 58.3 Å². The summed E-state index contributed by atoms with van der Waals surface area (Å²) in [6.45, 7) is 15.8. The number of aromatic nitrogens is 3. The van der Waals surface area contributed by atoms with Crippen molar-refractivity contribution in [3.8, 4) is 5.75 Å². The average Bonchev–Trinajstić information content (AvgIpc) is 3.29. The average molecular weight is 506 g/mol. The largest absolute Gasteiger partial charge is 0.491 e. The maximum Gasteiger partial charge on any atom is 0.192 e. The first kappa shape index (κ1) is 26.3. The summed E-state index contributed by atoms with van der Waals surface area (Å²) in [6, 6.07) is 16.7. The quantitative estimate of drug-likeness (QED) is 0.166. The van der Waals surface area contributed by atoms with E-state index in [1.165, 1.54) is 5.56 Å². The third kappa shape index (κ3) is 5.97. The van der Waals surface area contributed by atoms with Crippen LogP contribution in [0.1, 0.15) is 39.3 Å². The van der Waals surface area contributed by atoms with Gasteiger partial charge in [0, 0.05) is 12.0 Å². The van der Waals surface area contributed by atoms with Crippen molar-refractivity contribution in [1.29, 1.82) is 0 Å². The Kier molecular flexibility index (Phi) is 8.12. The fourth-order valence-corrected chi connectivity index (χ4v) is 5.13. The molecule has 6 nitrogen and oxygen atoms in total. The molecule has 2 heterocycles. The van der Waals surface area contributed by atoms with Gasteiger partial charge < -0.3 is 18.5 Å². The molecule has 4 rings (SSSR count). The number of ether oxygens (including phenoxy) is 2. The minimum Gasteiger partial charge on any atom is -0.491 e. The van der Waals surface area contributed by atoms with Gasteiger partial charge >= 0.3 is 0 Å². The summed E-state index contributed by atoms with van der Waals surface area (Å²) < 4.78 is 20.3. The predicted molar refractivity (Wildman–Crippen MR) is 149 cm³/mol. The highest BCUT2D eigenvalue weighted by Crippen LogP contribution is 2.36. The number of imidazole rings is 1. The molecule has 2 aromatic heterocycles. The van der Waals surface area contributed by atoms with Crippen LogP contribution in [0.15, 0.2) is 61.1 Å². The van der Waals surface area contributed by atoms with Crippen LogP contribution in [0, 0.1) is 0 Å². The molecule has 0 aliphatic heterocycles. The van der Waals surface area contributed by atoms with Crippen LogP contribution >= 0.6 is 0 Å². The van der Waals surface area contributed by atoms with Gasteiger partial charge in [0.2, 0.25) is 0 Å². The normalized spacial score (nSPS) is 13.4. The third-order valence-electron chi connectivity index (χ3n) is 7.23. The second-order valence-electron chi connectivity index (χ2n) is 10.8. The van der Waals surface area contributed by atoms with E-state index in [1.54, 1.807) is 0 Å². The summed E-state index contributed by atoms with van der Waals surface area (Å²) in [5.41, 5.74) is 4.21. The molecule has 0 saturated heterocycles. The van der Waals surface area contributed by atoms with Crippen molar-refractivity contribution >= 4 is 30.3 Å². The molecule has 1 atom stereocenters. The smallest absolute Gasteiger partial charge is 0.192 e. The molecule has 0 aliphatic carbocycles. The van der Waals surface area contributed by atoms with Crippen molar-refractivity contribution in [2.75, 3.05) is 26.4 Å². The number of pyridine rings is 1. The van der Waals surface area contributed by atoms with Gasteiger partial charge in [-0.2, -0.15) is 0 Å². The Morgan fingerprint density at radius 1 is 0.944 bits per heavy atom. The standard InChI is InChI=1S/C29H39N3O3Si/c1-7-33-20-23(32-21-31-27-19-30-26-11-9-8-10-25(26)28(27)32)18-22-12-14-24(15-13-22)34-16-17-35-36(5,6)29(2,3)4/h8-15,19,21,23H,7,16-18,20H2,1-6H3/t23-/m0/s1. The van der Waals surface area contributed by atoms with Gasteiger partial charge in [-0.15, -0.1) is 0 Å². The van der Waals surface area contributed by atoms with Gasteiger partial charge in [-0.25, -0.2) is 4.98 Å². The lowest BCUT2D eigenvalue weighted by atomic mass is 10.1. The second kappa shape index (κ2) is 11.1. The fourth-order valence-electron chi connectivity index (χ4n) is 4.10. The van der Waals surface area contributed by atoms with E-state index < -0.39 is 8.32 Å². The van der Waals surface area contributed by atoms with Crippen LogP contribution in [0.5, 0.6) is 5.75 Å². The number of fused-ring (bicyclic) bond motifs is 3. The Balaban J connectivity index is 1.45. The van der Waals surface area contributed by atoms with Crippen molar-refractivity contribution in [3.05, 3.63) is 66.6 Å². The van der Waals surface area contributed by atoms with Crippen molar-refractivity contribution in [3.63, 3.8) is 0 Å². The van der Waals surface area contributed by atoms with Crippen LogP contribution in [0.2, 0.25) is 18.1 Å². The molecule has 0 fully saturated rings. The van der Waals surface area contributed by atoms with Crippen LogP contribution in [-0.2, 0) is 15.6 Å². The summed E-state index contributed by atoms with van der Waals surface area (Å²) in [5.74, 6) is 0.865. The molecule has 0 saturated carbocycles. The van der Waals surface area contributed by atoms with Crippen molar-refractivity contribution in [2.24, 2.45) is 0 Å². The van der Waals surface area contributed by atoms with E-state index in [9.17, 15) is 0 Å². The zero-order chi connectivity index (χ0) is 25.8. The Bertz CT molecular complexity index is 1280. The monoisotopic (exact) mass is 505 g/mol. The van der Waals surface area contributed by atoms with E-state index in [-0.39, 0.29) is 11.1 Å². The van der Waals surface area contributed by atoms with E-state index in [1.807, 2.05) is 43.7 Å². The maximum atomic E-state index is 6.22. The van der Waals surface area contributed by atoms with Gasteiger partial charge in [0.1, 0.15) is 17.9 Å². The third-order valence-corrected chi connectivity index (χ3v) is 11.8. The molecule has 0 spiro atoms. The van der Waals surface area contributed by atoms with Crippen LogP contribution in [0.25, 0.3) is 21.9 Å². The molecule has 36 heavy (non-hydrogen) atoms. The zero-order valence-corrected chi connectivity index (χ0v) is 23.5. The molecule has 7 heteroatoms. The number of hydrogen-bond donors (Lipinski definition) is 0. The number of nitrogens with zero attached hydrogens (tertiary/aromatic N) is 3. The van der Waals surface area contributed by atoms with E-state index in [2.05, 4.69) is 72.7 Å². The molecular formula is C29H39N3O3Si. The first-order valence-electron chi connectivity index (χ1n) is 12.8. The summed E-state index contributed by atoms with van der Waals surface area (Å²) in [7, 11) is -1.75. The number of hydrogen-bond acceptors (Lipinski definition) is 5. The van der Waals surface area contributed by atoms with Gasteiger partial charge in [0.05, 0.1) is 42.8 Å². The lowest BCUT2D eigenvalue weighted by Gasteiger charge is -2.36. The van der Waals surface area contributed by atoms with Gasteiger partial charge in [-0.1, -0.05) is 51.1 Å². The van der Waals surface area contributed by atoms with Gasteiger partial charge in [0.15, 0.2) is 8.32 Å². The lowest BCUT2D eigenvalue weighted by Crippen LogP contribution is -2.41. The number of benzene rings is 2. The molecule has 0 unspecified atom stereocenters. The molecule has 0 amide bonds. The SMILES string of the molecule is CCOC[C@H](Cc1ccc(OCCO[Si](C)(C)C(C)(C)C)cc1)n1cnc2cnc3ccccc3c21. The molecule has 4 aromatic rings. The highest BCUT2D eigenvalue weighted by Gasteiger charge is 2.36. The minimum absolute atomic E-state index is 0.116. The first-order chi connectivity index (χ1) is 17.2. The molecule has 0 bridgehead atoms. The molecule has 0 radical (unpaired) electrons.